The Labute approximate surface area is 155 Å². The third-order valence-electron chi connectivity index (χ3n) is 4.69. The number of nitrogens with one attached hydrogen (secondary N) is 3. The van der Waals surface area contributed by atoms with E-state index in [1.165, 1.54) is 23.5 Å². The van der Waals surface area contributed by atoms with Gasteiger partial charge in [0.15, 0.2) is 0 Å². The summed E-state index contributed by atoms with van der Waals surface area (Å²) in [6, 6.07) is 10.7. The molecule has 2 aromatic rings. The molecule has 0 saturated carbocycles. The molecule has 0 bridgehead atoms. The number of hydrogen-bond acceptors (Lipinski definition) is 2. The highest BCUT2D eigenvalue weighted by atomic mass is 19.4. The van der Waals surface area contributed by atoms with E-state index in [0.717, 1.165) is 32.5 Å². The molecule has 8 heteroatoms. The lowest BCUT2D eigenvalue weighted by molar-refractivity contribution is -0.918. The van der Waals surface area contributed by atoms with E-state index in [4.69, 9.17) is 0 Å². The lowest BCUT2D eigenvalue weighted by atomic mass is 10.0. The number of halogens is 3. The molecule has 0 aliphatic carbocycles. The third kappa shape index (κ3) is 5.26. The van der Waals surface area contributed by atoms with Crippen molar-refractivity contribution in [3.8, 4) is 0 Å². The molecule has 27 heavy (non-hydrogen) atoms. The molecule has 5 nitrogen and oxygen atoms in total. The van der Waals surface area contributed by atoms with Crippen LogP contribution in [0.25, 0.3) is 0 Å². The molecule has 3 N–H and O–H groups in total. The Balaban J connectivity index is 1.49. The Kier molecular flexibility index (Phi) is 5.74. The van der Waals surface area contributed by atoms with Gasteiger partial charge in [-0.1, -0.05) is 30.3 Å². The molecule has 1 aliphatic rings. The Bertz CT molecular complexity index is 766. The molecule has 0 unspecified atom stereocenters. The maximum Gasteiger partial charge on any atom is 0.451 e. The van der Waals surface area contributed by atoms with Crippen LogP contribution >= 0.6 is 0 Å². The van der Waals surface area contributed by atoms with E-state index in [1.54, 1.807) is 0 Å². The number of rotatable bonds is 4. The lowest BCUT2D eigenvalue weighted by Crippen LogP contribution is -3.12. The predicted octanol–water partition coefficient (Wildman–Crippen LogP) is 2.98. The minimum absolute atomic E-state index is 0.0492. The van der Waals surface area contributed by atoms with Gasteiger partial charge in [0.1, 0.15) is 12.3 Å². The number of benzene rings is 1. The van der Waals surface area contributed by atoms with Crippen molar-refractivity contribution in [1.29, 1.82) is 0 Å². The first-order valence-corrected chi connectivity index (χ1v) is 8.94. The highest BCUT2D eigenvalue weighted by molar-refractivity contribution is 5.90. The molecule has 1 fully saturated rings. The van der Waals surface area contributed by atoms with E-state index < -0.39 is 18.0 Å². The number of quaternary nitrogens is 1. The standard InChI is InChI=1S/C19H22F3N3O2/c1-13-11-16(17(27-13)19(20,21)22)24-18(26)23-15-7-9-25(10-8-15)12-14-5-3-2-4-6-14/h2-6,11,15H,7-10,12H2,1H3,(H2,23,24,26)/p+1. The van der Waals surface area contributed by atoms with Crippen LogP contribution in [0.1, 0.15) is 29.9 Å². The average molecular weight is 382 g/mol. The Morgan fingerprint density at radius 1 is 1.22 bits per heavy atom. The summed E-state index contributed by atoms with van der Waals surface area (Å²) in [5.74, 6) is -1.09. The van der Waals surface area contributed by atoms with Gasteiger partial charge >= 0.3 is 12.2 Å². The molecule has 0 radical (unpaired) electrons. The van der Waals surface area contributed by atoms with Crippen LogP contribution in [0.2, 0.25) is 0 Å². The van der Waals surface area contributed by atoms with E-state index in [2.05, 4.69) is 27.2 Å². The summed E-state index contributed by atoms with van der Waals surface area (Å²) in [5.41, 5.74) is 0.913. The van der Waals surface area contributed by atoms with Crippen LogP contribution in [-0.2, 0) is 12.7 Å². The van der Waals surface area contributed by atoms with Gasteiger partial charge in [-0.15, -0.1) is 0 Å². The molecule has 3 rings (SSSR count). The molecular weight excluding hydrogens is 359 g/mol. The SMILES string of the molecule is Cc1cc(NC(=O)NC2CC[NH+](Cc3ccccc3)CC2)c(C(F)(F)F)o1. The number of urea groups is 1. The number of alkyl halides is 3. The molecule has 1 aliphatic heterocycles. The molecule has 1 aromatic heterocycles. The first-order chi connectivity index (χ1) is 12.8. The van der Waals surface area contributed by atoms with Crippen molar-refractivity contribution in [1.82, 2.24) is 5.32 Å². The number of amides is 2. The van der Waals surface area contributed by atoms with Gasteiger partial charge in [-0.05, 0) is 6.92 Å². The Morgan fingerprint density at radius 3 is 2.52 bits per heavy atom. The molecular formula is C19H23F3N3O2+. The van der Waals surface area contributed by atoms with Gasteiger partial charge < -0.3 is 20.0 Å². The van der Waals surface area contributed by atoms with Crippen molar-refractivity contribution in [3.63, 3.8) is 0 Å². The fourth-order valence-corrected chi connectivity index (χ4v) is 3.39. The number of anilines is 1. The number of carbonyl (C=O) groups is 1. The maximum absolute atomic E-state index is 12.9. The minimum atomic E-state index is -4.65. The van der Waals surface area contributed by atoms with E-state index in [1.807, 2.05) is 18.2 Å². The maximum atomic E-state index is 12.9. The fraction of sp³-hybridized carbons (Fsp3) is 0.421. The summed E-state index contributed by atoms with van der Waals surface area (Å²) in [5, 5.41) is 5.03. The first-order valence-electron chi connectivity index (χ1n) is 8.94. The molecule has 0 atom stereocenters. The molecule has 0 spiro atoms. The lowest BCUT2D eigenvalue weighted by Gasteiger charge is -2.29. The number of piperidine rings is 1. The predicted molar refractivity (Wildman–Crippen MR) is 94.5 cm³/mol. The van der Waals surface area contributed by atoms with E-state index in [0.29, 0.717) is 0 Å². The topological polar surface area (TPSA) is 58.7 Å². The van der Waals surface area contributed by atoms with Crippen LogP contribution in [0.15, 0.2) is 40.8 Å². The van der Waals surface area contributed by atoms with Crippen molar-refractivity contribution >= 4 is 11.7 Å². The molecule has 2 amide bonds. The highest BCUT2D eigenvalue weighted by Crippen LogP contribution is 2.36. The van der Waals surface area contributed by atoms with Gasteiger partial charge in [0.2, 0.25) is 5.76 Å². The fourth-order valence-electron chi connectivity index (χ4n) is 3.39. The van der Waals surface area contributed by atoms with Crippen molar-refractivity contribution in [2.75, 3.05) is 18.4 Å². The summed E-state index contributed by atoms with van der Waals surface area (Å²) >= 11 is 0. The second kappa shape index (κ2) is 8.04. The van der Waals surface area contributed by atoms with Crippen LogP contribution in [0.5, 0.6) is 0 Å². The zero-order valence-corrected chi connectivity index (χ0v) is 15.0. The second-order valence-corrected chi connectivity index (χ2v) is 6.88. The first kappa shape index (κ1) is 19.3. The molecule has 2 heterocycles. The summed E-state index contributed by atoms with van der Waals surface area (Å²) in [6.07, 6.45) is -3.08. The van der Waals surface area contributed by atoms with E-state index in [-0.39, 0.29) is 17.5 Å². The van der Waals surface area contributed by atoms with Gasteiger partial charge in [0, 0.05) is 30.5 Å². The number of furan rings is 1. The molecule has 146 valence electrons. The van der Waals surface area contributed by atoms with Gasteiger partial charge in [0.25, 0.3) is 0 Å². The normalized spacial score (nSPS) is 20.3. The van der Waals surface area contributed by atoms with E-state index >= 15 is 0 Å². The largest absolute Gasteiger partial charge is 0.455 e. The minimum Gasteiger partial charge on any atom is -0.455 e. The Morgan fingerprint density at radius 2 is 1.89 bits per heavy atom. The molecule has 1 aromatic carbocycles. The zero-order chi connectivity index (χ0) is 19.4. The summed E-state index contributed by atoms with van der Waals surface area (Å²) in [7, 11) is 0. The van der Waals surface area contributed by atoms with Gasteiger partial charge in [-0.2, -0.15) is 13.2 Å². The van der Waals surface area contributed by atoms with Crippen molar-refractivity contribution in [2.24, 2.45) is 0 Å². The van der Waals surface area contributed by atoms with Crippen LogP contribution in [0.3, 0.4) is 0 Å². The smallest absolute Gasteiger partial charge is 0.451 e. The summed E-state index contributed by atoms with van der Waals surface area (Å²) in [6.45, 7) is 4.14. The van der Waals surface area contributed by atoms with Crippen LogP contribution in [0.4, 0.5) is 23.7 Å². The number of aryl methyl sites for hydroxylation is 1. The average Bonchev–Trinajstić information content (AvgIpc) is 2.98. The van der Waals surface area contributed by atoms with Crippen molar-refractivity contribution in [2.45, 2.75) is 38.5 Å². The quantitative estimate of drug-likeness (QED) is 0.762. The van der Waals surface area contributed by atoms with Crippen LogP contribution in [-0.4, -0.2) is 25.2 Å². The van der Waals surface area contributed by atoms with Gasteiger partial charge in [-0.3, -0.25) is 0 Å². The second-order valence-electron chi connectivity index (χ2n) is 6.88. The number of carbonyl (C=O) groups excluding carboxylic acids is 1. The highest BCUT2D eigenvalue weighted by Gasteiger charge is 2.39. The van der Waals surface area contributed by atoms with Crippen molar-refractivity contribution in [3.05, 3.63) is 53.5 Å². The summed E-state index contributed by atoms with van der Waals surface area (Å²) < 4.78 is 43.4. The number of likely N-dealkylation sites (tertiary alicyclic amines) is 1. The van der Waals surface area contributed by atoms with Crippen LogP contribution < -0.4 is 15.5 Å². The van der Waals surface area contributed by atoms with E-state index in [9.17, 15) is 18.0 Å². The monoisotopic (exact) mass is 382 g/mol. The van der Waals surface area contributed by atoms with Gasteiger partial charge in [0.05, 0.1) is 18.8 Å². The summed E-state index contributed by atoms with van der Waals surface area (Å²) in [4.78, 5) is 13.5. The van der Waals surface area contributed by atoms with Gasteiger partial charge in [-0.25, -0.2) is 4.79 Å². The number of hydrogen-bond donors (Lipinski definition) is 3. The Hall–Kier alpha value is -2.48. The van der Waals surface area contributed by atoms with Crippen LogP contribution in [0, 0.1) is 6.92 Å². The molecule has 1 saturated heterocycles. The zero-order valence-electron chi connectivity index (χ0n) is 15.0. The van der Waals surface area contributed by atoms with Crippen molar-refractivity contribution < 1.29 is 27.3 Å². The third-order valence-corrected chi connectivity index (χ3v) is 4.69.